The maximum absolute atomic E-state index is 12.6. The fourth-order valence-corrected chi connectivity index (χ4v) is 1.11. The second-order valence-corrected chi connectivity index (χ2v) is 3.32. The van der Waals surface area contributed by atoms with Gasteiger partial charge in [0.05, 0.1) is 13.1 Å². The van der Waals surface area contributed by atoms with E-state index in [0.29, 0.717) is 18.9 Å². The summed E-state index contributed by atoms with van der Waals surface area (Å²) in [6.45, 7) is 0.800. The van der Waals surface area contributed by atoms with E-state index >= 15 is 0 Å². The summed E-state index contributed by atoms with van der Waals surface area (Å²) < 4.78 is 17.9. The topological polar surface area (TPSA) is 55.6 Å². The lowest BCUT2D eigenvalue weighted by Gasteiger charge is -2.16. The molecule has 0 aromatic heterocycles. The van der Waals surface area contributed by atoms with E-state index in [-0.39, 0.29) is 30.7 Å². The van der Waals surface area contributed by atoms with Crippen molar-refractivity contribution in [2.75, 3.05) is 26.7 Å². The van der Waals surface area contributed by atoms with Crippen LogP contribution in [0.1, 0.15) is 0 Å². The average molecular weight is 263 g/mol. The second-order valence-electron chi connectivity index (χ2n) is 3.32. The highest BCUT2D eigenvalue weighted by Gasteiger charge is 2.05. The summed E-state index contributed by atoms with van der Waals surface area (Å²) in [5, 5.41) is 0. The van der Waals surface area contributed by atoms with Gasteiger partial charge in [0.1, 0.15) is 18.2 Å². The van der Waals surface area contributed by atoms with E-state index < -0.39 is 0 Å². The van der Waals surface area contributed by atoms with Crippen molar-refractivity contribution in [1.82, 2.24) is 4.90 Å². The van der Waals surface area contributed by atoms with Crippen molar-refractivity contribution >= 4 is 18.3 Å². The van der Waals surface area contributed by atoms with Gasteiger partial charge in [-0.05, 0) is 24.3 Å². The van der Waals surface area contributed by atoms with Crippen molar-refractivity contribution in [2.24, 2.45) is 5.73 Å². The Kier molecular flexibility index (Phi) is 7.25. The summed E-state index contributed by atoms with van der Waals surface area (Å²) in [6, 6.07) is 5.73. The molecule has 0 heterocycles. The van der Waals surface area contributed by atoms with Gasteiger partial charge in [-0.25, -0.2) is 4.39 Å². The van der Waals surface area contributed by atoms with Gasteiger partial charge in [0.2, 0.25) is 5.91 Å². The van der Waals surface area contributed by atoms with Crippen LogP contribution in [0.15, 0.2) is 24.3 Å². The van der Waals surface area contributed by atoms with Crippen molar-refractivity contribution in [2.45, 2.75) is 0 Å². The molecule has 0 saturated carbocycles. The molecule has 96 valence electrons. The second kappa shape index (κ2) is 7.86. The first-order valence-electron chi connectivity index (χ1n) is 4.96. The number of nitrogens with two attached hydrogens (primary N) is 1. The summed E-state index contributed by atoms with van der Waals surface area (Å²) >= 11 is 0. The van der Waals surface area contributed by atoms with Crippen LogP contribution in [0.3, 0.4) is 0 Å². The molecule has 0 fully saturated rings. The van der Waals surface area contributed by atoms with E-state index in [4.69, 9.17) is 10.5 Å². The van der Waals surface area contributed by atoms with Crippen LogP contribution in [0.2, 0.25) is 0 Å². The Hall–Kier alpha value is -1.33. The highest BCUT2D eigenvalue weighted by molar-refractivity contribution is 5.85. The van der Waals surface area contributed by atoms with Crippen molar-refractivity contribution < 1.29 is 13.9 Å². The van der Waals surface area contributed by atoms with E-state index in [0.717, 1.165) is 0 Å². The first-order valence-corrected chi connectivity index (χ1v) is 4.96. The molecule has 1 amide bonds. The van der Waals surface area contributed by atoms with E-state index in [1.165, 1.54) is 17.0 Å². The number of amides is 1. The third-order valence-electron chi connectivity index (χ3n) is 2.11. The Bertz CT molecular complexity index is 346. The molecule has 0 aliphatic heterocycles. The van der Waals surface area contributed by atoms with Crippen LogP contribution in [-0.2, 0) is 4.79 Å². The molecule has 1 aromatic rings. The molecule has 0 radical (unpaired) electrons. The summed E-state index contributed by atoms with van der Waals surface area (Å²) in [6.07, 6.45) is 0. The quantitative estimate of drug-likeness (QED) is 0.863. The van der Waals surface area contributed by atoms with Crippen molar-refractivity contribution in [3.8, 4) is 5.75 Å². The highest BCUT2D eigenvalue weighted by Crippen LogP contribution is 2.10. The largest absolute Gasteiger partial charge is 0.492 e. The van der Waals surface area contributed by atoms with E-state index in [1.54, 1.807) is 19.2 Å². The highest BCUT2D eigenvalue weighted by atomic mass is 35.5. The Morgan fingerprint density at radius 1 is 1.41 bits per heavy atom. The molecule has 6 heteroatoms. The van der Waals surface area contributed by atoms with Crippen LogP contribution in [0.25, 0.3) is 0 Å². The summed E-state index contributed by atoms with van der Waals surface area (Å²) in [5.41, 5.74) is 5.20. The predicted molar refractivity (Wildman–Crippen MR) is 65.8 cm³/mol. The summed E-state index contributed by atoms with van der Waals surface area (Å²) in [7, 11) is 1.66. The normalized spacial score (nSPS) is 9.35. The maximum Gasteiger partial charge on any atom is 0.236 e. The molecule has 17 heavy (non-hydrogen) atoms. The van der Waals surface area contributed by atoms with Crippen LogP contribution in [0, 0.1) is 5.82 Å². The Morgan fingerprint density at radius 3 is 2.53 bits per heavy atom. The monoisotopic (exact) mass is 262 g/mol. The lowest BCUT2D eigenvalue weighted by atomic mass is 10.3. The number of carbonyl (C=O) groups is 1. The zero-order valence-electron chi connectivity index (χ0n) is 9.56. The van der Waals surface area contributed by atoms with Crippen LogP contribution >= 0.6 is 12.4 Å². The molecule has 0 spiro atoms. The van der Waals surface area contributed by atoms with E-state index in [1.807, 2.05) is 0 Å². The van der Waals surface area contributed by atoms with Crippen LogP contribution in [-0.4, -0.2) is 37.6 Å². The zero-order chi connectivity index (χ0) is 12.0. The smallest absolute Gasteiger partial charge is 0.236 e. The van der Waals surface area contributed by atoms with Crippen LogP contribution in [0.5, 0.6) is 5.75 Å². The van der Waals surface area contributed by atoms with Gasteiger partial charge in [-0.1, -0.05) is 0 Å². The number of hydrogen-bond acceptors (Lipinski definition) is 3. The van der Waals surface area contributed by atoms with Crippen molar-refractivity contribution in [1.29, 1.82) is 0 Å². The summed E-state index contributed by atoms with van der Waals surface area (Å²) in [5.74, 6) is 0.139. The number of hydrogen-bond donors (Lipinski definition) is 1. The number of likely N-dealkylation sites (N-methyl/N-ethyl adjacent to an activating group) is 1. The zero-order valence-corrected chi connectivity index (χ0v) is 10.4. The lowest BCUT2D eigenvalue weighted by Crippen LogP contribution is -2.35. The molecule has 0 saturated heterocycles. The van der Waals surface area contributed by atoms with Crippen LogP contribution < -0.4 is 10.5 Å². The van der Waals surface area contributed by atoms with Crippen LogP contribution in [0.4, 0.5) is 4.39 Å². The first-order chi connectivity index (χ1) is 7.63. The fraction of sp³-hybridized carbons (Fsp3) is 0.364. The minimum Gasteiger partial charge on any atom is -0.492 e. The van der Waals surface area contributed by atoms with Gasteiger partial charge in [0.15, 0.2) is 0 Å². The molecule has 0 atom stereocenters. The van der Waals surface area contributed by atoms with Gasteiger partial charge in [0.25, 0.3) is 0 Å². The Balaban J connectivity index is 0.00000256. The molecule has 1 rings (SSSR count). The van der Waals surface area contributed by atoms with Gasteiger partial charge in [-0.15, -0.1) is 12.4 Å². The molecule has 0 bridgehead atoms. The minimum absolute atomic E-state index is 0. The molecule has 0 unspecified atom stereocenters. The Morgan fingerprint density at radius 2 is 2.00 bits per heavy atom. The van der Waals surface area contributed by atoms with Gasteiger partial charge in [-0.2, -0.15) is 0 Å². The Labute approximate surface area is 106 Å². The van der Waals surface area contributed by atoms with E-state index in [2.05, 4.69) is 0 Å². The number of carbonyl (C=O) groups excluding carboxylic acids is 1. The molecule has 1 aromatic carbocycles. The fourth-order valence-electron chi connectivity index (χ4n) is 1.11. The number of nitrogens with zero attached hydrogens (tertiary/aromatic N) is 1. The van der Waals surface area contributed by atoms with Gasteiger partial charge >= 0.3 is 0 Å². The predicted octanol–water partition coefficient (Wildman–Crippen LogP) is 1.04. The number of halogens is 2. The SMILES string of the molecule is CN(CCOc1ccc(F)cc1)C(=O)CN.Cl. The van der Waals surface area contributed by atoms with E-state index in [9.17, 15) is 9.18 Å². The standard InChI is InChI=1S/C11H15FN2O2.ClH/c1-14(11(15)8-13)6-7-16-10-4-2-9(12)3-5-10;/h2-5H,6-8,13H2,1H3;1H. The van der Waals surface area contributed by atoms with Gasteiger partial charge < -0.3 is 15.4 Å². The number of ether oxygens (including phenoxy) is 1. The molecular weight excluding hydrogens is 247 g/mol. The average Bonchev–Trinajstić information content (AvgIpc) is 2.30. The van der Waals surface area contributed by atoms with Gasteiger partial charge in [-0.3, -0.25) is 4.79 Å². The summed E-state index contributed by atoms with van der Waals surface area (Å²) in [4.78, 5) is 12.6. The molecule has 0 aliphatic rings. The van der Waals surface area contributed by atoms with Crippen molar-refractivity contribution in [3.05, 3.63) is 30.1 Å². The molecular formula is C11H16ClFN2O2. The molecule has 4 nitrogen and oxygen atoms in total. The number of rotatable bonds is 5. The van der Waals surface area contributed by atoms with Gasteiger partial charge in [0, 0.05) is 7.05 Å². The first kappa shape index (κ1) is 15.7. The minimum atomic E-state index is -0.303. The molecule has 2 N–H and O–H groups in total. The molecule has 0 aliphatic carbocycles. The van der Waals surface area contributed by atoms with Crippen molar-refractivity contribution in [3.63, 3.8) is 0 Å². The third-order valence-corrected chi connectivity index (χ3v) is 2.11. The maximum atomic E-state index is 12.6. The third kappa shape index (κ3) is 5.51. The lowest BCUT2D eigenvalue weighted by molar-refractivity contribution is -0.128. The number of benzene rings is 1.